The monoisotopic (exact) mass is 264 g/mol. The lowest BCUT2D eigenvalue weighted by atomic mass is 10.1. The number of ether oxygens (including phenoxy) is 1. The highest BCUT2D eigenvalue weighted by molar-refractivity contribution is 5.81. The predicted octanol–water partition coefficient (Wildman–Crippen LogP) is 2.39. The second-order valence-corrected chi connectivity index (χ2v) is 5.83. The van der Waals surface area contributed by atoms with Crippen LogP contribution in [0.15, 0.2) is 24.3 Å². The van der Waals surface area contributed by atoms with Gasteiger partial charge in [0.15, 0.2) is 6.10 Å². The standard InChI is InChI=1S/C15H24N2O2/c1-10(16)12-8-6-7-9-13(12)19-11(2)14(18)17-15(3,4)5/h6-11H,16H2,1-5H3,(H,17,18)/t10-,11?/m0/s1. The van der Waals surface area contributed by atoms with Gasteiger partial charge >= 0.3 is 0 Å². The molecule has 0 fully saturated rings. The smallest absolute Gasteiger partial charge is 0.261 e. The molecule has 0 aromatic heterocycles. The molecule has 4 heteroatoms. The number of hydrogen-bond acceptors (Lipinski definition) is 3. The molecule has 0 heterocycles. The maximum Gasteiger partial charge on any atom is 0.261 e. The first kappa shape index (κ1) is 15.5. The van der Waals surface area contributed by atoms with Crippen LogP contribution in [0.1, 0.15) is 46.2 Å². The number of nitrogens with one attached hydrogen (secondary N) is 1. The van der Waals surface area contributed by atoms with Gasteiger partial charge in [0.05, 0.1) is 0 Å². The van der Waals surface area contributed by atoms with Gasteiger partial charge in [0.2, 0.25) is 0 Å². The number of rotatable bonds is 4. The fraction of sp³-hybridized carbons (Fsp3) is 0.533. The molecule has 4 nitrogen and oxygen atoms in total. The van der Waals surface area contributed by atoms with Gasteiger partial charge in [-0.25, -0.2) is 0 Å². The van der Waals surface area contributed by atoms with Crippen LogP contribution in [0.3, 0.4) is 0 Å². The molecule has 19 heavy (non-hydrogen) atoms. The van der Waals surface area contributed by atoms with E-state index < -0.39 is 6.10 Å². The molecule has 0 bridgehead atoms. The Balaban J connectivity index is 2.77. The van der Waals surface area contributed by atoms with Crippen molar-refractivity contribution in [3.8, 4) is 5.75 Å². The summed E-state index contributed by atoms with van der Waals surface area (Å²) in [6.45, 7) is 9.44. The SMILES string of the molecule is CC(Oc1ccccc1[C@H](C)N)C(=O)NC(C)(C)C. The second kappa shape index (κ2) is 6.06. The summed E-state index contributed by atoms with van der Waals surface area (Å²) >= 11 is 0. The van der Waals surface area contributed by atoms with Crippen LogP contribution in [0.4, 0.5) is 0 Å². The molecule has 1 aromatic carbocycles. The van der Waals surface area contributed by atoms with Crippen molar-refractivity contribution in [2.75, 3.05) is 0 Å². The molecule has 2 atom stereocenters. The lowest BCUT2D eigenvalue weighted by Crippen LogP contribution is -2.46. The Morgan fingerprint density at radius 2 is 1.84 bits per heavy atom. The van der Waals surface area contributed by atoms with Gasteiger partial charge in [-0.05, 0) is 40.7 Å². The maximum atomic E-state index is 12.0. The van der Waals surface area contributed by atoms with Crippen molar-refractivity contribution < 1.29 is 9.53 Å². The molecule has 0 saturated carbocycles. The van der Waals surface area contributed by atoms with Gasteiger partial charge in [-0.2, -0.15) is 0 Å². The molecule has 0 saturated heterocycles. The summed E-state index contributed by atoms with van der Waals surface area (Å²) in [6, 6.07) is 7.39. The van der Waals surface area contributed by atoms with Gasteiger partial charge in [-0.1, -0.05) is 18.2 Å². The average Bonchev–Trinajstić information content (AvgIpc) is 2.27. The number of hydrogen-bond donors (Lipinski definition) is 2. The Morgan fingerprint density at radius 1 is 1.26 bits per heavy atom. The fourth-order valence-electron chi connectivity index (χ4n) is 1.68. The highest BCUT2D eigenvalue weighted by atomic mass is 16.5. The molecule has 0 spiro atoms. The molecule has 0 aliphatic rings. The van der Waals surface area contributed by atoms with E-state index in [1.165, 1.54) is 0 Å². The normalized spacial score (nSPS) is 14.6. The number of nitrogens with two attached hydrogens (primary N) is 1. The third kappa shape index (κ3) is 4.91. The van der Waals surface area contributed by atoms with Crippen molar-refractivity contribution in [1.82, 2.24) is 5.32 Å². The zero-order chi connectivity index (χ0) is 14.6. The van der Waals surface area contributed by atoms with E-state index >= 15 is 0 Å². The quantitative estimate of drug-likeness (QED) is 0.877. The molecule has 0 aliphatic heterocycles. The molecule has 1 rings (SSSR count). The minimum atomic E-state index is -0.556. The molecule has 106 valence electrons. The van der Waals surface area contributed by atoms with Gasteiger partial charge in [-0.3, -0.25) is 4.79 Å². The van der Waals surface area contributed by atoms with Gasteiger partial charge in [0, 0.05) is 17.1 Å². The Hall–Kier alpha value is -1.55. The van der Waals surface area contributed by atoms with Gasteiger partial charge in [0.25, 0.3) is 5.91 Å². The summed E-state index contributed by atoms with van der Waals surface area (Å²) in [5.74, 6) is 0.529. The van der Waals surface area contributed by atoms with Crippen LogP contribution in [0.2, 0.25) is 0 Å². The van der Waals surface area contributed by atoms with Crippen LogP contribution < -0.4 is 15.8 Å². The van der Waals surface area contributed by atoms with Crippen LogP contribution >= 0.6 is 0 Å². The predicted molar refractivity (Wildman–Crippen MR) is 77.0 cm³/mol. The number of amides is 1. The Bertz CT molecular complexity index is 436. The zero-order valence-electron chi connectivity index (χ0n) is 12.4. The lowest BCUT2D eigenvalue weighted by Gasteiger charge is -2.24. The van der Waals surface area contributed by atoms with E-state index in [0.717, 1.165) is 5.56 Å². The minimum Gasteiger partial charge on any atom is -0.481 e. The van der Waals surface area contributed by atoms with Gasteiger partial charge < -0.3 is 15.8 Å². The van der Waals surface area contributed by atoms with Crippen LogP contribution in [-0.2, 0) is 4.79 Å². The van der Waals surface area contributed by atoms with Crippen molar-refractivity contribution in [3.63, 3.8) is 0 Å². The van der Waals surface area contributed by atoms with E-state index in [2.05, 4.69) is 5.32 Å². The highest BCUT2D eigenvalue weighted by Crippen LogP contribution is 2.24. The zero-order valence-corrected chi connectivity index (χ0v) is 12.4. The van der Waals surface area contributed by atoms with Crippen molar-refractivity contribution in [1.29, 1.82) is 0 Å². The number of carbonyl (C=O) groups is 1. The van der Waals surface area contributed by atoms with Crippen LogP contribution in [-0.4, -0.2) is 17.6 Å². The van der Waals surface area contributed by atoms with E-state index in [0.29, 0.717) is 5.75 Å². The molecule has 0 aliphatic carbocycles. The third-order valence-electron chi connectivity index (χ3n) is 2.58. The Kier molecular flexibility index (Phi) is 4.95. The summed E-state index contributed by atoms with van der Waals surface area (Å²) < 4.78 is 5.72. The molecule has 0 radical (unpaired) electrons. The van der Waals surface area contributed by atoms with Crippen LogP contribution in [0.5, 0.6) is 5.75 Å². The third-order valence-corrected chi connectivity index (χ3v) is 2.58. The van der Waals surface area contributed by atoms with Crippen molar-refractivity contribution in [2.24, 2.45) is 5.73 Å². The van der Waals surface area contributed by atoms with Crippen molar-refractivity contribution in [2.45, 2.75) is 52.3 Å². The fourth-order valence-corrected chi connectivity index (χ4v) is 1.68. The van der Waals surface area contributed by atoms with Crippen molar-refractivity contribution in [3.05, 3.63) is 29.8 Å². The minimum absolute atomic E-state index is 0.130. The summed E-state index contributed by atoms with van der Waals surface area (Å²) in [5, 5.41) is 2.89. The number of carbonyl (C=O) groups excluding carboxylic acids is 1. The van der Waals surface area contributed by atoms with Crippen LogP contribution in [0, 0.1) is 0 Å². The van der Waals surface area contributed by atoms with Crippen LogP contribution in [0.25, 0.3) is 0 Å². The molecule has 3 N–H and O–H groups in total. The molecule has 1 amide bonds. The van der Waals surface area contributed by atoms with E-state index in [1.807, 2.05) is 52.0 Å². The first-order chi connectivity index (χ1) is 8.70. The number of para-hydroxylation sites is 1. The first-order valence-corrected chi connectivity index (χ1v) is 6.54. The largest absolute Gasteiger partial charge is 0.481 e. The Labute approximate surface area is 115 Å². The summed E-state index contributed by atoms with van der Waals surface area (Å²) in [6.07, 6.45) is -0.556. The highest BCUT2D eigenvalue weighted by Gasteiger charge is 2.21. The topological polar surface area (TPSA) is 64.3 Å². The van der Waals surface area contributed by atoms with Gasteiger partial charge in [-0.15, -0.1) is 0 Å². The summed E-state index contributed by atoms with van der Waals surface area (Å²) in [5.41, 5.74) is 6.52. The summed E-state index contributed by atoms with van der Waals surface area (Å²) in [7, 11) is 0. The Morgan fingerprint density at radius 3 is 2.37 bits per heavy atom. The van der Waals surface area contributed by atoms with Crippen molar-refractivity contribution >= 4 is 5.91 Å². The van der Waals surface area contributed by atoms with E-state index in [-0.39, 0.29) is 17.5 Å². The molecule has 1 unspecified atom stereocenters. The molecular formula is C15H24N2O2. The van der Waals surface area contributed by atoms with E-state index in [9.17, 15) is 4.79 Å². The molecular weight excluding hydrogens is 240 g/mol. The summed E-state index contributed by atoms with van der Waals surface area (Å²) in [4.78, 5) is 12.0. The maximum absolute atomic E-state index is 12.0. The number of benzene rings is 1. The average molecular weight is 264 g/mol. The second-order valence-electron chi connectivity index (χ2n) is 5.83. The van der Waals surface area contributed by atoms with Gasteiger partial charge in [0.1, 0.15) is 5.75 Å². The van der Waals surface area contributed by atoms with E-state index in [4.69, 9.17) is 10.5 Å². The first-order valence-electron chi connectivity index (χ1n) is 6.54. The molecule has 1 aromatic rings. The van der Waals surface area contributed by atoms with E-state index in [1.54, 1.807) is 6.92 Å². The lowest BCUT2D eigenvalue weighted by molar-refractivity contribution is -0.128.